The number of anilines is 1. The molecule has 1 aromatic carbocycles. The Hall–Kier alpha value is -0.800. The number of hydrogen-bond donors (Lipinski definition) is 1. The smallest absolute Gasteiger partial charge is 0.165 e. The minimum absolute atomic E-state index is 0.118. The summed E-state index contributed by atoms with van der Waals surface area (Å²) in [5.41, 5.74) is 0.753. The Labute approximate surface area is 112 Å². The van der Waals surface area contributed by atoms with Gasteiger partial charge in [0.25, 0.3) is 0 Å². The first-order valence-electron chi connectivity index (χ1n) is 6.54. The zero-order valence-electron chi connectivity index (χ0n) is 10.5. The van der Waals surface area contributed by atoms with Crippen LogP contribution in [0.5, 0.6) is 0 Å². The summed E-state index contributed by atoms with van der Waals surface area (Å²) in [6.07, 6.45) is 2.57. The Kier molecular flexibility index (Phi) is 2.99. The van der Waals surface area contributed by atoms with Gasteiger partial charge >= 0.3 is 0 Å². The number of nitrogens with zero attached hydrogens (tertiary/aromatic N) is 1. The molecule has 0 aromatic heterocycles. The van der Waals surface area contributed by atoms with E-state index in [2.05, 4.69) is 17.1 Å². The van der Waals surface area contributed by atoms with Gasteiger partial charge in [0.05, 0.1) is 10.7 Å². The number of piperazine rings is 1. The maximum atomic E-state index is 14.1. The SMILES string of the molecule is CC1(C2CC2)CN(c2cccc(Cl)c2F)CCN1. The van der Waals surface area contributed by atoms with Crippen molar-refractivity contribution in [1.29, 1.82) is 0 Å². The third-order valence-corrected chi connectivity index (χ3v) is 4.47. The standard InChI is InChI=1S/C14H18ClFN2/c1-14(10-5-6-10)9-18(8-7-17-14)12-4-2-3-11(15)13(12)16/h2-4,10,17H,5-9H2,1H3. The second kappa shape index (κ2) is 4.39. The molecule has 1 unspecified atom stereocenters. The average Bonchev–Trinajstić information content (AvgIpc) is 3.17. The Bertz CT molecular complexity index is 461. The van der Waals surface area contributed by atoms with Gasteiger partial charge in [-0.25, -0.2) is 4.39 Å². The minimum atomic E-state index is -0.292. The predicted octanol–water partition coefficient (Wildman–Crippen LogP) is 3.06. The Balaban J connectivity index is 1.85. The molecule has 2 aliphatic rings. The van der Waals surface area contributed by atoms with Gasteiger partial charge in [0.1, 0.15) is 0 Å². The van der Waals surface area contributed by atoms with Gasteiger partial charge < -0.3 is 10.2 Å². The molecule has 0 bridgehead atoms. The normalized spacial score (nSPS) is 28.5. The molecule has 1 aromatic rings. The summed E-state index contributed by atoms with van der Waals surface area (Å²) in [6, 6.07) is 5.24. The van der Waals surface area contributed by atoms with Gasteiger partial charge in [0.15, 0.2) is 5.82 Å². The van der Waals surface area contributed by atoms with Crippen LogP contribution in [0.25, 0.3) is 0 Å². The number of rotatable bonds is 2. The van der Waals surface area contributed by atoms with E-state index in [1.54, 1.807) is 6.07 Å². The average molecular weight is 269 g/mol. The van der Waals surface area contributed by atoms with Crippen molar-refractivity contribution < 1.29 is 4.39 Å². The zero-order valence-corrected chi connectivity index (χ0v) is 11.3. The molecule has 1 aliphatic heterocycles. The van der Waals surface area contributed by atoms with Crippen molar-refractivity contribution in [2.24, 2.45) is 5.92 Å². The van der Waals surface area contributed by atoms with Crippen molar-refractivity contribution in [2.75, 3.05) is 24.5 Å². The zero-order chi connectivity index (χ0) is 12.8. The lowest BCUT2D eigenvalue weighted by Gasteiger charge is -2.43. The van der Waals surface area contributed by atoms with Gasteiger partial charge in [0.2, 0.25) is 0 Å². The van der Waals surface area contributed by atoms with Gasteiger partial charge in [-0.3, -0.25) is 0 Å². The van der Waals surface area contributed by atoms with Crippen LogP contribution in [-0.4, -0.2) is 25.2 Å². The predicted molar refractivity (Wildman–Crippen MR) is 72.8 cm³/mol. The molecule has 1 saturated carbocycles. The molecular formula is C14H18ClFN2. The van der Waals surface area contributed by atoms with E-state index >= 15 is 0 Å². The molecule has 0 spiro atoms. The van der Waals surface area contributed by atoms with Crippen molar-refractivity contribution in [3.05, 3.63) is 29.0 Å². The molecule has 3 rings (SSSR count). The second-order valence-electron chi connectivity index (χ2n) is 5.61. The molecule has 1 saturated heterocycles. The topological polar surface area (TPSA) is 15.3 Å². The molecular weight excluding hydrogens is 251 g/mol. The molecule has 1 heterocycles. The fraction of sp³-hybridized carbons (Fsp3) is 0.571. The molecule has 2 nitrogen and oxygen atoms in total. The molecule has 1 aliphatic carbocycles. The third-order valence-electron chi connectivity index (χ3n) is 4.18. The van der Waals surface area contributed by atoms with Crippen molar-refractivity contribution in [2.45, 2.75) is 25.3 Å². The molecule has 0 radical (unpaired) electrons. The summed E-state index contributed by atoms with van der Waals surface area (Å²) < 4.78 is 14.1. The van der Waals surface area contributed by atoms with Crippen molar-refractivity contribution in [3.63, 3.8) is 0 Å². The quantitative estimate of drug-likeness (QED) is 0.887. The van der Waals surface area contributed by atoms with Crippen LogP contribution >= 0.6 is 11.6 Å². The molecule has 2 fully saturated rings. The summed E-state index contributed by atoms with van der Waals surface area (Å²) in [4.78, 5) is 2.12. The largest absolute Gasteiger partial charge is 0.366 e. The lowest BCUT2D eigenvalue weighted by atomic mass is 9.92. The van der Waals surface area contributed by atoms with Gasteiger partial charge in [0, 0.05) is 25.2 Å². The first kappa shape index (κ1) is 12.2. The fourth-order valence-corrected chi connectivity index (χ4v) is 3.11. The Morgan fingerprint density at radius 1 is 1.44 bits per heavy atom. The molecule has 18 heavy (non-hydrogen) atoms. The van der Waals surface area contributed by atoms with Crippen LogP contribution in [0, 0.1) is 11.7 Å². The van der Waals surface area contributed by atoms with E-state index in [4.69, 9.17) is 11.6 Å². The highest BCUT2D eigenvalue weighted by Crippen LogP contribution is 2.41. The summed E-state index contributed by atoms with van der Waals surface area (Å²) in [5.74, 6) is 0.446. The summed E-state index contributed by atoms with van der Waals surface area (Å²) in [7, 11) is 0. The monoisotopic (exact) mass is 268 g/mol. The van der Waals surface area contributed by atoms with Gasteiger partial charge in [-0.05, 0) is 37.8 Å². The van der Waals surface area contributed by atoms with Crippen LogP contribution < -0.4 is 10.2 Å². The van der Waals surface area contributed by atoms with E-state index in [-0.39, 0.29) is 16.4 Å². The van der Waals surface area contributed by atoms with Gasteiger partial charge in [-0.15, -0.1) is 0 Å². The highest BCUT2D eigenvalue weighted by Gasteiger charge is 2.44. The second-order valence-corrected chi connectivity index (χ2v) is 6.02. The van der Waals surface area contributed by atoms with Gasteiger partial charge in [-0.2, -0.15) is 0 Å². The third kappa shape index (κ3) is 2.10. The van der Waals surface area contributed by atoms with E-state index in [0.717, 1.165) is 25.6 Å². The van der Waals surface area contributed by atoms with Gasteiger partial charge in [-0.1, -0.05) is 17.7 Å². The maximum Gasteiger partial charge on any atom is 0.165 e. The lowest BCUT2D eigenvalue weighted by Crippen LogP contribution is -2.60. The summed E-state index contributed by atoms with van der Waals surface area (Å²) in [5, 5.41) is 3.80. The van der Waals surface area contributed by atoms with Crippen LogP contribution in [0.1, 0.15) is 19.8 Å². The summed E-state index contributed by atoms with van der Waals surface area (Å²) in [6.45, 7) is 4.84. The lowest BCUT2D eigenvalue weighted by molar-refractivity contribution is 0.284. The summed E-state index contributed by atoms with van der Waals surface area (Å²) >= 11 is 5.86. The van der Waals surface area contributed by atoms with E-state index in [1.807, 2.05) is 12.1 Å². The number of nitrogens with one attached hydrogen (secondary N) is 1. The number of halogens is 2. The van der Waals surface area contributed by atoms with Crippen molar-refractivity contribution in [3.8, 4) is 0 Å². The molecule has 98 valence electrons. The van der Waals surface area contributed by atoms with E-state index in [1.165, 1.54) is 12.8 Å². The minimum Gasteiger partial charge on any atom is -0.366 e. The Morgan fingerprint density at radius 3 is 2.94 bits per heavy atom. The molecule has 4 heteroatoms. The van der Waals surface area contributed by atoms with Crippen LogP contribution in [0.4, 0.5) is 10.1 Å². The first-order chi connectivity index (χ1) is 8.60. The van der Waals surface area contributed by atoms with Crippen LogP contribution in [-0.2, 0) is 0 Å². The van der Waals surface area contributed by atoms with E-state index in [9.17, 15) is 4.39 Å². The Morgan fingerprint density at radius 2 is 2.22 bits per heavy atom. The van der Waals surface area contributed by atoms with Crippen LogP contribution in [0.3, 0.4) is 0 Å². The maximum absolute atomic E-state index is 14.1. The van der Waals surface area contributed by atoms with E-state index in [0.29, 0.717) is 5.69 Å². The van der Waals surface area contributed by atoms with Crippen LogP contribution in [0.2, 0.25) is 5.02 Å². The van der Waals surface area contributed by atoms with Crippen LogP contribution in [0.15, 0.2) is 18.2 Å². The van der Waals surface area contributed by atoms with Crippen molar-refractivity contribution >= 4 is 17.3 Å². The van der Waals surface area contributed by atoms with E-state index < -0.39 is 0 Å². The molecule has 1 atom stereocenters. The highest BCUT2D eigenvalue weighted by atomic mass is 35.5. The first-order valence-corrected chi connectivity index (χ1v) is 6.92. The molecule has 1 N–H and O–H groups in total. The number of benzene rings is 1. The fourth-order valence-electron chi connectivity index (χ4n) is 2.94. The number of hydrogen-bond acceptors (Lipinski definition) is 2. The van der Waals surface area contributed by atoms with Crippen molar-refractivity contribution in [1.82, 2.24) is 5.32 Å². The molecule has 0 amide bonds. The highest BCUT2D eigenvalue weighted by molar-refractivity contribution is 6.31.